The summed E-state index contributed by atoms with van der Waals surface area (Å²) < 4.78 is 5.36. The molecule has 1 heterocycles. The molecule has 0 unspecified atom stereocenters. The zero-order valence-electron chi connectivity index (χ0n) is 14.5. The van der Waals surface area contributed by atoms with Crippen LogP contribution in [0.25, 0.3) is 22.1 Å². The average molecular weight is 392 g/mol. The molecule has 4 rings (SSSR count). The Balaban J connectivity index is 1.66. The van der Waals surface area contributed by atoms with Crippen LogP contribution < -0.4 is 5.32 Å². The fourth-order valence-electron chi connectivity index (χ4n) is 2.97. The topological polar surface area (TPSA) is 79.5 Å². The van der Waals surface area contributed by atoms with Crippen molar-refractivity contribution in [3.63, 3.8) is 0 Å². The number of carboxylic acid groups (broad SMARTS) is 1. The third-order valence-corrected chi connectivity index (χ3v) is 4.57. The second kappa shape index (κ2) is 7.21. The highest BCUT2D eigenvalue weighted by atomic mass is 35.5. The number of anilines is 1. The van der Waals surface area contributed by atoms with E-state index < -0.39 is 11.9 Å². The second-order valence-electron chi connectivity index (χ2n) is 6.15. The summed E-state index contributed by atoms with van der Waals surface area (Å²) in [6, 6.07) is 21.6. The molecular formula is C22H14ClNO4. The van der Waals surface area contributed by atoms with Gasteiger partial charge in [-0.25, -0.2) is 4.79 Å². The van der Waals surface area contributed by atoms with Crippen LogP contribution in [0.4, 0.5) is 5.69 Å². The van der Waals surface area contributed by atoms with Crippen molar-refractivity contribution in [2.45, 2.75) is 0 Å². The monoisotopic (exact) mass is 391 g/mol. The normalized spacial score (nSPS) is 10.8. The molecule has 0 spiro atoms. The van der Waals surface area contributed by atoms with E-state index >= 15 is 0 Å². The number of fused-ring (bicyclic) bond motifs is 1. The van der Waals surface area contributed by atoms with E-state index in [0.717, 1.165) is 11.1 Å². The van der Waals surface area contributed by atoms with Gasteiger partial charge in [0.2, 0.25) is 5.76 Å². The van der Waals surface area contributed by atoms with Crippen molar-refractivity contribution in [3.05, 3.63) is 89.1 Å². The minimum absolute atomic E-state index is 0.0853. The molecule has 0 aliphatic heterocycles. The number of carbonyl (C=O) groups excluding carboxylic acids is 1. The molecular weight excluding hydrogens is 378 g/mol. The summed E-state index contributed by atoms with van der Waals surface area (Å²) in [5.74, 6) is -2.06. The van der Waals surface area contributed by atoms with Crippen molar-refractivity contribution < 1.29 is 19.1 Å². The Bertz CT molecular complexity index is 1180. The van der Waals surface area contributed by atoms with Crippen LogP contribution in [-0.4, -0.2) is 17.0 Å². The van der Waals surface area contributed by atoms with E-state index in [0.29, 0.717) is 21.6 Å². The summed E-state index contributed by atoms with van der Waals surface area (Å²) >= 11 is 6.01. The van der Waals surface area contributed by atoms with Gasteiger partial charge in [0.05, 0.1) is 0 Å². The molecule has 2 N–H and O–H groups in total. The lowest BCUT2D eigenvalue weighted by molar-refractivity contribution is 0.0666. The number of halogens is 1. The number of amides is 1. The van der Waals surface area contributed by atoms with Gasteiger partial charge in [-0.3, -0.25) is 4.79 Å². The fourth-order valence-corrected chi connectivity index (χ4v) is 3.15. The lowest BCUT2D eigenvalue weighted by atomic mass is 10.0. The van der Waals surface area contributed by atoms with E-state index in [4.69, 9.17) is 16.0 Å². The van der Waals surface area contributed by atoms with Gasteiger partial charge in [-0.05, 0) is 41.5 Å². The molecule has 28 heavy (non-hydrogen) atoms. The number of aromatic carboxylic acids is 1. The maximum atomic E-state index is 12.7. The summed E-state index contributed by atoms with van der Waals surface area (Å²) in [6.07, 6.45) is 0. The van der Waals surface area contributed by atoms with Gasteiger partial charge in [-0.2, -0.15) is 0 Å². The Morgan fingerprint density at radius 2 is 1.57 bits per heavy atom. The van der Waals surface area contributed by atoms with Gasteiger partial charge in [0.15, 0.2) is 0 Å². The molecule has 1 amide bonds. The standard InChI is InChI=1S/C22H14ClNO4/c23-16-10-11-18-17(12-16)19(20(28-18)22(26)27)24-21(25)15-8-6-14(7-9-15)13-4-2-1-3-5-13/h1-12H,(H,24,25)(H,26,27). The summed E-state index contributed by atoms with van der Waals surface area (Å²) in [5.41, 5.74) is 2.83. The lowest BCUT2D eigenvalue weighted by Crippen LogP contribution is -2.13. The Morgan fingerprint density at radius 1 is 0.893 bits per heavy atom. The number of carbonyl (C=O) groups is 2. The quantitative estimate of drug-likeness (QED) is 0.467. The largest absolute Gasteiger partial charge is 0.475 e. The molecule has 0 bridgehead atoms. The average Bonchev–Trinajstić information content (AvgIpc) is 3.06. The first-order valence-electron chi connectivity index (χ1n) is 8.45. The highest BCUT2D eigenvalue weighted by molar-refractivity contribution is 6.31. The maximum absolute atomic E-state index is 12.7. The highest BCUT2D eigenvalue weighted by Crippen LogP contribution is 2.33. The van der Waals surface area contributed by atoms with E-state index in [9.17, 15) is 14.7 Å². The number of carboxylic acids is 1. The summed E-state index contributed by atoms with van der Waals surface area (Å²) in [4.78, 5) is 24.2. The molecule has 0 aliphatic rings. The van der Waals surface area contributed by atoms with Crippen LogP contribution in [-0.2, 0) is 0 Å². The van der Waals surface area contributed by atoms with Crippen LogP contribution >= 0.6 is 11.6 Å². The smallest absolute Gasteiger partial charge is 0.374 e. The number of nitrogens with one attached hydrogen (secondary N) is 1. The SMILES string of the molecule is O=C(Nc1c(C(=O)O)oc2ccc(Cl)cc12)c1ccc(-c2ccccc2)cc1. The van der Waals surface area contributed by atoms with Gasteiger partial charge in [0, 0.05) is 16.0 Å². The molecule has 5 nitrogen and oxygen atoms in total. The molecule has 138 valence electrons. The van der Waals surface area contributed by atoms with E-state index in [1.807, 2.05) is 42.5 Å². The summed E-state index contributed by atoms with van der Waals surface area (Å²) in [6.45, 7) is 0. The van der Waals surface area contributed by atoms with Crippen molar-refractivity contribution in [2.24, 2.45) is 0 Å². The van der Waals surface area contributed by atoms with Gasteiger partial charge >= 0.3 is 5.97 Å². The van der Waals surface area contributed by atoms with Crippen molar-refractivity contribution >= 4 is 40.1 Å². The number of benzene rings is 3. The zero-order chi connectivity index (χ0) is 19.7. The Morgan fingerprint density at radius 3 is 2.25 bits per heavy atom. The molecule has 4 aromatic rings. The number of furan rings is 1. The van der Waals surface area contributed by atoms with Gasteiger partial charge < -0.3 is 14.8 Å². The summed E-state index contributed by atoms with van der Waals surface area (Å²) in [7, 11) is 0. The van der Waals surface area contributed by atoms with Gasteiger partial charge in [0.1, 0.15) is 11.3 Å². The van der Waals surface area contributed by atoms with E-state index in [1.165, 1.54) is 0 Å². The van der Waals surface area contributed by atoms with Crippen molar-refractivity contribution in [1.82, 2.24) is 0 Å². The minimum atomic E-state index is -1.28. The number of rotatable bonds is 4. The Hall–Kier alpha value is -3.57. The molecule has 0 atom stereocenters. The number of hydrogen-bond donors (Lipinski definition) is 2. The van der Waals surface area contributed by atoms with Gasteiger partial charge in [0.25, 0.3) is 5.91 Å². The third-order valence-electron chi connectivity index (χ3n) is 4.34. The predicted octanol–water partition coefficient (Wildman–Crippen LogP) is 5.70. The molecule has 1 aromatic heterocycles. The third kappa shape index (κ3) is 3.35. The first-order chi connectivity index (χ1) is 13.5. The molecule has 6 heteroatoms. The van der Waals surface area contributed by atoms with Crippen LogP contribution in [0.1, 0.15) is 20.9 Å². The van der Waals surface area contributed by atoms with Crippen molar-refractivity contribution in [1.29, 1.82) is 0 Å². The molecule has 0 fully saturated rings. The first-order valence-corrected chi connectivity index (χ1v) is 8.83. The molecule has 0 aliphatic carbocycles. The van der Waals surface area contributed by atoms with E-state index in [-0.39, 0.29) is 11.4 Å². The van der Waals surface area contributed by atoms with Crippen molar-refractivity contribution in [2.75, 3.05) is 5.32 Å². The fraction of sp³-hybridized carbons (Fsp3) is 0. The van der Waals surface area contributed by atoms with E-state index in [2.05, 4.69) is 5.32 Å². The minimum Gasteiger partial charge on any atom is -0.475 e. The lowest BCUT2D eigenvalue weighted by Gasteiger charge is -2.06. The maximum Gasteiger partial charge on any atom is 0.374 e. The van der Waals surface area contributed by atoms with Crippen molar-refractivity contribution in [3.8, 4) is 11.1 Å². The molecule has 0 saturated carbocycles. The highest BCUT2D eigenvalue weighted by Gasteiger charge is 2.22. The van der Waals surface area contributed by atoms with E-state index in [1.54, 1.807) is 30.3 Å². The van der Waals surface area contributed by atoms with Crippen LogP contribution in [0.5, 0.6) is 0 Å². The first kappa shape index (κ1) is 17.8. The molecule has 0 saturated heterocycles. The Kier molecular flexibility index (Phi) is 4.59. The molecule has 3 aromatic carbocycles. The predicted molar refractivity (Wildman–Crippen MR) is 108 cm³/mol. The van der Waals surface area contributed by atoms with Gasteiger partial charge in [-0.1, -0.05) is 54.1 Å². The second-order valence-corrected chi connectivity index (χ2v) is 6.59. The summed E-state index contributed by atoms with van der Waals surface area (Å²) in [5, 5.41) is 12.9. The van der Waals surface area contributed by atoms with Crippen LogP contribution in [0.3, 0.4) is 0 Å². The van der Waals surface area contributed by atoms with Crippen LogP contribution in [0.15, 0.2) is 77.2 Å². The Labute approximate surface area is 165 Å². The van der Waals surface area contributed by atoms with Gasteiger partial charge in [-0.15, -0.1) is 0 Å². The van der Waals surface area contributed by atoms with Crippen LogP contribution in [0.2, 0.25) is 5.02 Å². The van der Waals surface area contributed by atoms with Crippen LogP contribution in [0, 0.1) is 0 Å². The molecule has 0 radical (unpaired) electrons. The number of hydrogen-bond acceptors (Lipinski definition) is 3. The zero-order valence-corrected chi connectivity index (χ0v) is 15.2.